The molecule has 1 unspecified atom stereocenters. The van der Waals surface area contributed by atoms with Gasteiger partial charge in [0.2, 0.25) is 0 Å². The average Bonchev–Trinajstić information content (AvgIpc) is 2.82. The maximum absolute atomic E-state index is 11.1. The van der Waals surface area contributed by atoms with Crippen molar-refractivity contribution in [2.24, 2.45) is 11.7 Å². The highest BCUT2D eigenvalue weighted by molar-refractivity contribution is 5.71. The molecule has 1 aromatic rings. The third kappa shape index (κ3) is 11.8. The summed E-state index contributed by atoms with van der Waals surface area (Å²) in [5.74, 6) is -0.802. The summed E-state index contributed by atoms with van der Waals surface area (Å²) < 4.78 is 23.6. The van der Waals surface area contributed by atoms with Gasteiger partial charge in [0.05, 0.1) is 26.4 Å². The molecule has 0 aliphatic rings. The fraction of sp³-hybridized carbons (Fsp3) is 0.731. The molecule has 1 atom stereocenters. The first kappa shape index (κ1) is 29.4. The number of carbonyl (C=O) groups excluding carboxylic acids is 1. The van der Waals surface area contributed by atoms with Crippen LogP contribution in [0.4, 0.5) is 4.79 Å². The lowest BCUT2D eigenvalue weighted by Crippen LogP contribution is -2.43. The Kier molecular flexibility index (Phi) is 16.7. The zero-order chi connectivity index (χ0) is 24.2. The Morgan fingerprint density at radius 1 is 0.879 bits per heavy atom. The molecule has 2 amide bonds. The molecule has 0 heterocycles. The lowest BCUT2D eigenvalue weighted by molar-refractivity contribution is -0.286. The zero-order valence-corrected chi connectivity index (χ0v) is 21.0. The number of primary amides is 1. The van der Waals surface area contributed by atoms with Crippen molar-refractivity contribution in [3.63, 3.8) is 0 Å². The molecule has 190 valence electrons. The third-order valence-corrected chi connectivity index (χ3v) is 5.86. The SMILES string of the molecule is CCCCCCCCC(CCCNC(N)=O)C(OCCOC)(OCCOC)c1ccccc1. The van der Waals surface area contributed by atoms with Crippen LogP contribution >= 0.6 is 0 Å². The van der Waals surface area contributed by atoms with Crippen LogP contribution in [-0.4, -0.2) is 53.2 Å². The third-order valence-electron chi connectivity index (χ3n) is 5.86. The van der Waals surface area contributed by atoms with E-state index in [2.05, 4.69) is 24.4 Å². The van der Waals surface area contributed by atoms with Gasteiger partial charge in [0.25, 0.3) is 0 Å². The first-order chi connectivity index (χ1) is 16.1. The van der Waals surface area contributed by atoms with Gasteiger partial charge < -0.3 is 30.0 Å². The largest absolute Gasteiger partial charge is 0.382 e. The second-order valence-electron chi connectivity index (χ2n) is 8.40. The predicted octanol–water partition coefficient (Wildman–Crippen LogP) is 4.98. The van der Waals surface area contributed by atoms with Gasteiger partial charge in [-0.2, -0.15) is 0 Å². The van der Waals surface area contributed by atoms with Crippen molar-refractivity contribution in [1.29, 1.82) is 0 Å². The number of rotatable bonds is 21. The summed E-state index contributed by atoms with van der Waals surface area (Å²) in [5, 5.41) is 2.70. The number of urea groups is 1. The van der Waals surface area contributed by atoms with Crippen molar-refractivity contribution < 1.29 is 23.7 Å². The molecule has 0 saturated heterocycles. The van der Waals surface area contributed by atoms with E-state index in [1.165, 1.54) is 32.1 Å². The van der Waals surface area contributed by atoms with E-state index in [0.717, 1.165) is 31.2 Å². The highest BCUT2D eigenvalue weighted by Crippen LogP contribution is 2.41. The Balaban J connectivity index is 3.11. The van der Waals surface area contributed by atoms with Crippen LogP contribution in [0.2, 0.25) is 0 Å². The number of unbranched alkanes of at least 4 members (excludes halogenated alkanes) is 5. The molecule has 1 aromatic carbocycles. The molecule has 0 spiro atoms. The summed E-state index contributed by atoms with van der Waals surface area (Å²) in [6.07, 6.45) is 9.95. The number of methoxy groups -OCH3 is 2. The van der Waals surface area contributed by atoms with Gasteiger partial charge in [0, 0.05) is 32.2 Å². The first-order valence-corrected chi connectivity index (χ1v) is 12.4. The van der Waals surface area contributed by atoms with Crippen molar-refractivity contribution in [3.05, 3.63) is 35.9 Å². The van der Waals surface area contributed by atoms with Gasteiger partial charge in [-0.1, -0.05) is 75.8 Å². The number of nitrogens with one attached hydrogen (secondary N) is 1. The molecule has 0 fully saturated rings. The van der Waals surface area contributed by atoms with Crippen LogP contribution in [0.1, 0.15) is 70.3 Å². The van der Waals surface area contributed by atoms with E-state index in [0.29, 0.717) is 33.0 Å². The molecule has 1 rings (SSSR count). The van der Waals surface area contributed by atoms with E-state index in [1.807, 2.05) is 18.2 Å². The maximum atomic E-state index is 11.1. The summed E-state index contributed by atoms with van der Waals surface area (Å²) in [6, 6.07) is 9.66. The quantitative estimate of drug-likeness (QED) is 0.197. The van der Waals surface area contributed by atoms with E-state index < -0.39 is 11.8 Å². The van der Waals surface area contributed by atoms with Crippen molar-refractivity contribution in [3.8, 4) is 0 Å². The minimum Gasteiger partial charge on any atom is -0.382 e. The Hall–Kier alpha value is -1.67. The summed E-state index contributed by atoms with van der Waals surface area (Å²) in [4.78, 5) is 11.1. The summed E-state index contributed by atoms with van der Waals surface area (Å²) in [6.45, 7) is 4.57. The van der Waals surface area contributed by atoms with Crippen LogP contribution in [0.5, 0.6) is 0 Å². The topological polar surface area (TPSA) is 92.0 Å². The smallest absolute Gasteiger partial charge is 0.312 e. The fourth-order valence-electron chi connectivity index (χ4n) is 4.16. The lowest BCUT2D eigenvalue weighted by atomic mass is 9.83. The molecule has 0 bridgehead atoms. The van der Waals surface area contributed by atoms with E-state index >= 15 is 0 Å². The van der Waals surface area contributed by atoms with Crippen LogP contribution in [0.3, 0.4) is 0 Å². The first-order valence-electron chi connectivity index (χ1n) is 12.4. The number of hydrogen-bond donors (Lipinski definition) is 2. The average molecular weight is 467 g/mol. The highest BCUT2D eigenvalue weighted by atomic mass is 16.7. The normalized spacial score (nSPS) is 12.6. The monoisotopic (exact) mass is 466 g/mol. The Morgan fingerprint density at radius 3 is 2.03 bits per heavy atom. The van der Waals surface area contributed by atoms with Crippen molar-refractivity contribution in [1.82, 2.24) is 5.32 Å². The van der Waals surface area contributed by atoms with Crippen molar-refractivity contribution in [2.75, 3.05) is 47.2 Å². The number of amides is 2. The molecule has 0 aliphatic heterocycles. The van der Waals surface area contributed by atoms with Gasteiger partial charge in [0.1, 0.15) is 0 Å². The van der Waals surface area contributed by atoms with Crippen LogP contribution in [0.25, 0.3) is 0 Å². The standard InChI is InChI=1S/C26H46N2O5/c1-4-5-6-7-8-10-14-24(17-13-18-28-25(27)29)26(32-21-19-30-2,33-22-20-31-3)23-15-11-9-12-16-23/h9,11-12,15-16,24H,4-8,10,13-14,17-22H2,1-3H3,(H3,27,28,29). The second-order valence-corrected chi connectivity index (χ2v) is 8.40. The number of nitrogens with two attached hydrogens (primary N) is 1. The van der Waals surface area contributed by atoms with Crippen molar-refractivity contribution >= 4 is 6.03 Å². The number of carbonyl (C=O) groups is 1. The fourth-order valence-corrected chi connectivity index (χ4v) is 4.16. The molecule has 0 aliphatic carbocycles. The van der Waals surface area contributed by atoms with Gasteiger partial charge >= 0.3 is 6.03 Å². The van der Waals surface area contributed by atoms with E-state index in [9.17, 15) is 4.79 Å². The second kappa shape index (κ2) is 18.7. The number of ether oxygens (including phenoxy) is 4. The van der Waals surface area contributed by atoms with Crippen LogP contribution < -0.4 is 11.1 Å². The molecule has 3 N–H and O–H groups in total. The molecule has 33 heavy (non-hydrogen) atoms. The maximum Gasteiger partial charge on any atom is 0.312 e. The summed E-state index contributed by atoms with van der Waals surface area (Å²) in [7, 11) is 3.34. The van der Waals surface area contributed by atoms with Gasteiger partial charge in [0.15, 0.2) is 5.79 Å². The van der Waals surface area contributed by atoms with Crippen LogP contribution in [-0.2, 0) is 24.7 Å². The molecule has 0 radical (unpaired) electrons. The number of hydrogen-bond acceptors (Lipinski definition) is 5. The number of benzene rings is 1. The summed E-state index contributed by atoms with van der Waals surface area (Å²) in [5.41, 5.74) is 6.26. The van der Waals surface area contributed by atoms with Gasteiger partial charge in [-0.25, -0.2) is 4.79 Å². The van der Waals surface area contributed by atoms with E-state index in [-0.39, 0.29) is 5.92 Å². The molecular formula is C26H46N2O5. The minimum absolute atomic E-state index is 0.106. The molecule has 7 nitrogen and oxygen atoms in total. The molecule has 0 aromatic heterocycles. The summed E-state index contributed by atoms with van der Waals surface area (Å²) >= 11 is 0. The Morgan fingerprint density at radius 2 is 1.45 bits per heavy atom. The lowest BCUT2D eigenvalue weighted by Gasteiger charge is -2.41. The van der Waals surface area contributed by atoms with Gasteiger partial charge in [-0.05, 0) is 19.3 Å². The van der Waals surface area contributed by atoms with Crippen molar-refractivity contribution in [2.45, 2.75) is 70.5 Å². The predicted molar refractivity (Wildman–Crippen MR) is 132 cm³/mol. The van der Waals surface area contributed by atoms with Crippen LogP contribution in [0.15, 0.2) is 30.3 Å². The minimum atomic E-state index is -0.908. The molecule has 0 saturated carbocycles. The Labute approximate surface area is 200 Å². The molecular weight excluding hydrogens is 420 g/mol. The van der Waals surface area contributed by atoms with Gasteiger partial charge in [-0.3, -0.25) is 0 Å². The van der Waals surface area contributed by atoms with E-state index in [1.54, 1.807) is 14.2 Å². The molecule has 7 heteroatoms. The Bertz CT molecular complexity index is 590. The van der Waals surface area contributed by atoms with Crippen LogP contribution in [0, 0.1) is 5.92 Å². The zero-order valence-electron chi connectivity index (χ0n) is 21.0. The highest BCUT2D eigenvalue weighted by Gasteiger charge is 2.42. The van der Waals surface area contributed by atoms with Gasteiger partial charge in [-0.15, -0.1) is 0 Å². The van der Waals surface area contributed by atoms with E-state index in [4.69, 9.17) is 24.7 Å².